The van der Waals surface area contributed by atoms with Crippen molar-refractivity contribution in [2.75, 3.05) is 19.6 Å². The fraction of sp³-hybridized carbons (Fsp3) is 0.933. The maximum absolute atomic E-state index is 12.4. The summed E-state index contributed by atoms with van der Waals surface area (Å²) in [6.07, 6.45) is 4.27. The molecule has 0 aliphatic carbocycles. The summed E-state index contributed by atoms with van der Waals surface area (Å²) in [6, 6.07) is 0.813. The van der Waals surface area contributed by atoms with Crippen molar-refractivity contribution in [1.82, 2.24) is 15.5 Å². The predicted molar refractivity (Wildman–Crippen MR) is 80.2 cm³/mol. The standard InChI is InChI=1S/C15H31N3O/c1-5-10-18(14-8-9-16-11-14)12(4)15(19)17-13(6-2)7-3/h12-14,16H,5-11H2,1-4H3,(H,17,19). The van der Waals surface area contributed by atoms with Crippen LogP contribution in [-0.4, -0.2) is 48.6 Å². The molecule has 4 heteroatoms. The van der Waals surface area contributed by atoms with Crippen LogP contribution in [0.25, 0.3) is 0 Å². The van der Waals surface area contributed by atoms with Gasteiger partial charge in [-0.3, -0.25) is 9.69 Å². The Morgan fingerprint density at radius 3 is 2.53 bits per heavy atom. The molecule has 2 atom stereocenters. The monoisotopic (exact) mass is 269 g/mol. The van der Waals surface area contributed by atoms with E-state index in [1.807, 2.05) is 6.92 Å². The first-order valence-electron chi connectivity index (χ1n) is 7.90. The van der Waals surface area contributed by atoms with Gasteiger partial charge in [0, 0.05) is 18.6 Å². The van der Waals surface area contributed by atoms with Gasteiger partial charge in [-0.25, -0.2) is 0 Å². The summed E-state index contributed by atoms with van der Waals surface area (Å²) in [5.74, 6) is 0.189. The molecule has 1 fully saturated rings. The van der Waals surface area contributed by atoms with Gasteiger partial charge in [0.1, 0.15) is 0 Å². The first-order valence-corrected chi connectivity index (χ1v) is 7.90. The number of carbonyl (C=O) groups is 1. The minimum Gasteiger partial charge on any atom is -0.352 e. The molecule has 1 rings (SSSR count). The highest BCUT2D eigenvalue weighted by atomic mass is 16.2. The normalized spacial score (nSPS) is 21.1. The highest BCUT2D eigenvalue weighted by molar-refractivity contribution is 5.81. The Labute approximate surface area is 118 Å². The number of rotatable bonds is 8. The zero-order chi connectivity index (χ0) is 14.3. The van der Waals surface area contributed by atoms with Crippen molar-refractivity contribution in [2.45, 2.75) is 71.5 Å². The maximum Gasteiger partial charge on any atom is 0.237 e. The van der Waals surface area contributed by atoms with Crippen molar-refractivity contribution >= 4 is 5.91 Å². The van der Waals surface area contributed by atoms with Gasteiger partial charge in [0.05, 0.1) is 6.04 Å². The minimum absolute atomic E-state index is 0.0227. The number of amides is 1. The largest absolute Gasteiger partial charge is 0.352 e. The molecular formula is C15H31N3O. The van der Waals surface area contributed by atoms with E-state index < -0.39 is 0 Å². The van der Waals surface area contributed by atoms with Crippen LogP contribution in [0.3, 0.4) is 0 Å². The lowest BCUT2D eigenvalue weighted by Gasteiger charge is -2.33. The molecule has 1 amide bonds. The van der Waals surface area contributed by atoms with Gasteiger partial charge in [-0.15, -0.1) is 0 Å². The van der Waals surface area contributed by atoms with Crippen LogP contribution in [0.1, 0.15) is 53.4 Å². The zero-order valence-corrected chi connectivity index (χ0v) is 13.0. The van der Waals surface area contributed by atoms with Gasteiger partial charge in [-0.1, -0.05) is 20.8 Å². The third kappa shape index (κ3) is 4.77. The smallest absolute Gasteiger partial charge is 0.237 e. The number of nitrogens with zero attached hydrogens (tertiary/aromatic N) is 1. The highest BCUT2D eigenvalue weighted by Gasteiger charge is 2.29. The first kappa shape index (κ1) is 16.4. The molecule has 0 bridgehead atoms. The van der Waals surface area contributed by atoms with Crippen molar-refractivity contribution in [2.24, 2.45) is 0 Å². The summed E-state index contributed by atoms with van der Waals surface area (Å²) in [5, 5.41) is 6.57. The van der Waals surface area contributed by atoms with Gasteiger partial charge in [0.25, 0.3) is 0 Å². The third-order valence-corrected chi connectivity index (χ3v) is 4.19. The number of hydrogen-bond donors (Lipinski definition) is 2. The minimum atomic E-state index is -0.0227. The molecule has 112 valence electrons. The summed E-state index contributed by atoms with van der Waals surface area (Å²) in [6.45, 7) is 11.6. The third-order valence-electron chi connectivity index (χ3n) is 4.19. The molecule has 1 aliphatic heterocycles. The van der Waals surface area contributed by atoms with Crippen LogP contribution >= 0.6 is 0 Å². The van der Waals surface area contributed by atoms with E-state index in [9.17, 15) is 4.79 Å². The van der Waals surface area contributed by atoms with Crippen molar-refractivity contribution in [3.8, 4) is 0 Å². The second-order valence-electron chi connectivity index (χ2n) is 5.58. The molecule has 0 radical (unpaired) electrons. The molecule has 19 heavy (non-hydrogen) atoms. The Hall–Kier alpha value is -0.610. The zero-order valence-electron chi connectivity index (χ0n) is 13.0. The topological polar surface area (TPSA) is 44.4 Å². The molecule has 2 unspecified atom stereocenters. The molecule has 4 nitrogen and oxygen atoms in total. The molecule has 1 saturated heterocycles. The molecule has 0 aromatic rings. The van der Waals surface area contributed by atoms with E-state index in [4.69, 9.17) is 0 Å². The van der Waals surface area contributed by atoms with E-state index in [1.165, 1.54) is 0 Å². The average Bonchev–Trinajstić information content (AvgIpc) is 2.94. The van der Waals surface area contributed by atoms with E-state index in [-0.39, 0.29) is 11.9 Å². The van der Waals surface area contributed by atoms with Crippen molar-refractivity contribution < 1.29 is 4.79 Å². The van der Waals surface area contributed by atoms with Crippen molar-refractivity contribution in [3.05, 3.63) is 0 Å². The first-order chi connectivity index (χ1) is 9.13. The Morgan fingerprint density at radius 1 is 1.37 bits per heavy atom. The van der Waals surface area contributed by atoms with E-state index in [2.05, 4.69) is 36.3 Å². The van der Waals surface area contributed by atoms with Crippen LogP contribution in [0.4, 0.5) is 0 Å². The lowest BCUT2D eigenvalue weighted by molar-refractivity contribution is -0.127. The lowest BCUT2D eigenvalue weighted by Crippen LogP contribution is -2.52. The number of carbonyl (C=O) groups excluding carboxylic acids is 1. The number of nitrogens with one attached hydrogen (secondary N) is 2. The molecule has 0 saturated carbocycles. The second-order valence-corrected chi connectivity index (χ2v) is 5.58. The molecule has 0 aromatic carbocycles. The second kappa shape index (κ2) is 8.54. The van der Waals surface area contributed by atoms with Crippen LogP contribution in [-0.2, 0) is 4.79 Å². The summed E-state index contributed by atoms with van der Waals surface area (Å²) in [4.78, 5) is 14.7. The van der Waals surface area contributed by atoms with Crippen molar-refractivity contribution in [3.63, 3.8) is 0 Å². The van der Waals surface area contributed by atoms with Gasteiger partial charge in [-0.05, 0) is 45.7 Å². The fourth-order valence-corrected chi connectivity index (χ4v) is 2.84. The van der Waals surface area contributed by atoms with Crippen LogP contribution < -0.4 is 10.6 Å². The SMILES string of the molecule is CCCN(C1CCNC1)C(C)C(=O)NC(CC)CC. The van der Waals surface area contributed by atoms with Gasteiger partial charge in [-0.2, -0.15) is 0 Å². The number of hydrogen-bond acceptors (Lipinski definition) is 3. The van der Waals surface area contributed by atoms with E-state index >= 15 is 0 Å². The summed E-state index contributed by atoms with van der Waals surface area (Å²) in [5.41, 5.74) is 0. The van der Waals surface area contributed by atoms with Gasteiger partial charge >= 0.3 is 0 Å². The Morgan fingerprint density at radius 2 is 2.05 bits per heavy atom. The van der Waals surface area contributed by atoms with Crippen LogP contribution in [0, 0.1) is 0 Å². The lowest BCUT2D eigenvalue weighted by atomic mass is 10.1. The Kier molecular flexibility index (Phi) is 7.39. The van der Waals surface area contributed by atoms with E-state index in [0.29, 0.717) is 12.1 Å². The summed E-state index contributed by atoms with van der Waals surface area (Å²) >= 11 is 0. The Balaban J connectivity index is 2.58. The van der Waals surface area contributed by atoms with Crippen LogP contribution in [0.15, 0.2) is 0 Å². The molecule has 1 heterocycles. The predicted octanol–water partition coefficient (Wildman–Crippen LogP) is 1.75. The molecular weight excluding hydrogens is 238 g/mol. The Bertz CT molecular complexity index is 260. The molecule has 0 aromatic heterocycles. The summed E-state index contributed by atoms with van der Waals surface area (Å²) in [7, 11) is 0. The average molecular weight is 269 g/mol. The highest BCUT2D eigenvalue weighted by Crippen LogP contribution is 2.14. The molecule has 0 spiro atoms. The van der Waals surface area contributed by atoms with E-state index in [0.717, 1.165) is 45.3 Å². The van der Waals surface area contributed by atoms with E-state index in [1.54, 1.807) is 0 Å². The summed E-state index contributed by atoms with van der Waals surface area (Å²) < 4.78 is 0. The van der Waals surface area contributed by atoms with Gasteiger partial charge in [0.15, 0.2) is 0 Å². The fourth-order valence-electron chi connectivity index (χ4n) is 2.84. The quantitative estimate of drug-likeness (QED) is 0.705. The maximum atomic E-state index is 12.4. The van der Waals surface area contributed by atoms with Crippen LogP contribution in [0.2, 0.25) is 0 Å². The van der Waals surface area contributed by atoms with Gasteiger partial charge in [0.2, 0.25) is 5.91 Å². The van der Waals surface area contributed by atoms with Gasteiger partial charge < -0.3 is 10.6 Å². The van der Waals surface area contributed by atoms with Crippen LogP contribution in [0.5, 0.6) is 0 Å². The molecule has 1 aliphatic rings. The molecule has 2 N–H and O–H groups in total. The van der Waals surface area contributed by atoms with Crippen molar-refractivity contribution in [1.29, 1.82) is 0 Å².